The van der Waals surface area contributed by atoms with Crippen molar-refractivity contribution in [2.75, 3.05) is 20.7 Å². The van der Waals surface area contributed by atoms with Crippen LogP contribution in [0.3, 0.4) is 0 Å². The predicted molar refractivity (Wildman–Crippen MR) is 112 cm³/mol. The second-order valence-electron chi connectivity index (χ2n) is 7.95. The van der Waals surface area contributed by atoms with Crippen molar-refractivity contribution < 1.29 is 27.8 Å². The number of carbonyl (C=O) groups is 1. The van der Waals surface area contributed by atoms with E-state index < -0.39 is 23.7 Å². The summed E-state index contributed by atoms with van der Waals surface area (Å²) in [5.74, 6) is -1.18. The van der Waals surface area contributed by atoms with Gasteiger partial charge in [0.05, 0.1) is 12.7 Å². The molecule has 0 radical (unpaired) electrons. The van der Waals surface area contributed by atoms with E-state index in [-0.39, 0.29) is 11.7 Å². The van der Waals surface area contributed by atoms with Crippen LogP contribution in [0.1, 0.15) is 40.7 Å². The zero-order valence-electron chi connectivity index (χ0n) is 17.6. The molecule has 2 aliphatic heterocycles. The number of rotatable bonds is 3. The normalized spacial score (nSPS) is 21.0. The van der Waals surface area contributed by atoms with E-state index in [1.807, 2.05) is 18.2 Å². The summed E-state index contributed by atoms with van der Waals surface area (Å²) in [6.07, 6.45) is 4.96. The highest BCUT2D eigenvalue weighted by atomic mass is 19.1. The van der Waals surface area contributed by atoms with Gasteiger partial charge in [-0.15, -0.1) is 0 Å². The molecule has 0 aliphatic carbocycles. The predicted octanol–water partition coefficient (Wildman–Crippen LogP) is 4.59. The molecule has 0 saturated heterocycles. The highest BCUT2D eigenvalue weighted by Crippen LogP contribution is 2.39. The van der Waals surface area contributed by atoms with Gasteiger partial charge in [-0.3, -0.25) is 0 Å². The summed E-state index contributed by atoms with van der Waals surface area (Å²) < 4.78 is 44.7. The van der Waals surface area contributed by atoms with Gasteiger partial charge in [-0.05, 0) is 56.3 Å². The van der Waals surface area contributed by atoms with Crippen molar-refractivity contribution in [1.82, 2.24) is 4.90 Å². The Kier molecular flexibility index (Phi) is 6.23. The molecule has 164 valence electrons. The maximum Gasteiger partial charge on any atom is 0.341 e. The van der Waals surface area contributed by atoms with Crippen molar-refractivity contribution in [3.8, 4) is 11.5 Å². The minimum Gasteiger partial charge on any atom is -0.493 e. The van der Waals surface area contributed by atoms with Crippen LogP contribution in [-0.4, -0.2) is 43.8 Å². The molecule has 7 heteroatoms. The summed E-state index contributed by atoms with van der Waals surface area (Å²) in [6.45, 7) is 1.66. The van der Waals surface area contributed by atoms with Crippen molar-refractivity contribution >= 4 is 12.0 Å². The number of esters is 1. The van der Waals surface area contributed by atoms with Crippen LogP contribution in [0.25, 0.3) is 6.08 Å². The van der Waals surface area contributed by atoms with Crippen LogP contribution in [-0.2, 0) is 11.3 Å². The molecule has 0 spiro atoms. The average Bonchev–Trinajstić information content (AvgIpc) is 2.70. The zero-order valence-corrected chi connectivity index (χ0v) is 17.6. The molecule has 0 saturated carbocycles. The Labute approximate surface area is 180 Å². The van der Waals surface area contributed by atoms with Gasteiger partial charge in [0.1, 0.15) is 23.8 Å². The summed E-state index contributed by atoms with van der Waals surface area (Å²) in [4.78, 5) is 14.8. The molecular formula is C24H25F2NO4. The van der Waals surface area contributed by atoms with E-state index >= 15 is 0 Å². The van der Waals surface area contributed by atoms with E-state index in [0.717, 1.165) is 49.2 Å². The van der Waals surface area contributed by atoms with Crippen LogP contribution in [0.15, 0.2) is 36.4 Å². The molecule has 4 rings (SSSR count). The number of halogens is 2. The molecule has 0 N–H and O–H groups in total. The summed E-state index contributed by atoms with van der Waals surface area (Å²) >= 11 is 0. The third kappa shape index (κ3) is 4.71. The molecule has 2 heterocycles. The van der Waals surface area contributed by atoms with Gasteiger partial charge < -0.3 is 19.1 Å². The van der Waals surface area contributed by atoms with Gasteiger partial charge in [-0.25, -0.2) is 13.6 Å². The van der Waals surface area contributed by atoms with Crippen LogP contribution < -0.4 is 9.47 Å². The lowest BCUT2D eigenvalue weighted by molar-refractivity contribution is 0.0275. The number of fused-ring (bicyclic) bond motifs is 1. The van der Waals surface area contributed by atoms with Crippen molar-refractivity contribution in [3.63, 3.8) is 0 Å². The lowest BCUT2D eigenvalue weighted by Crippen LogP contribution is -2.30. The van der Waals surface area contributed by atoms with Gasteiger partial charge in [0.2, 0.25) is 0 Å². The molecule has 31 heavy (non-hydrogen) atoms. The van der Waals surface area contributed by atoms with E-state index in [0.29, 0.717) is 24.0 Å². The Balaban J connectivity index is 1.68. The molecule has 2 atom stereocenters. The fourth-order valence-electron chi connectivity index (χ4n) is 4.06. The van der Waals surface area contributed by atoms with Crippen LogP contribution >= 0.6 is 0 Å². The van der Waals surface area contributed by atoms with E-state index in [4.69, 9.17) is 14.2 Å². The highest BCUT2D eigenvalue weighted by molar-refractivity contribution is 5.90. The van der Waals surface area contributed by atoms with Crippen molar-refractivity contribution in [2.45, 2.75) is 38.0 Å². The first-order valence-electron chi connectivity index (χ1n) is 10.3. The van der Waals surface area contributed by atoms with Gasteiger partial charge >= 0.3 is 5.97 Å². The maximum absolute atomic E-state index is 14.0. The van der Waals surface area contributed by atoms with Gasteiger partial charge in [-0.2, -0.15) is 0 Å². The van der Waals surface area contributed by atoms with Crippen LogP contribution in [0, 0.1) is 11.6 Å². The third-order valence-corrected chi connectivity index (χ3v) is 5.64. The van der Waals surface area contributed by atoms with Crippen molar-refractivity contribution in [3.05, 3.63) is 64.7 Å². The SMILES string of the molecule is COc1ccc2c3c1OC(CCCN(C)C2)C[C@@H](OC(=O)c1ccc(F)cc1F)C=C3. The van der Waals surface area contributed by atoms with E-state index in [1.165, 1.54) is 0 Å². The third-order valence-electron chi connectivity index (χ3n) is 5.64. The molecule has 2 aromatic carbocycles. The van der Waals surface area contributed by atoms with Gasteiger partial charge in [0, 0.05) is 24.6 Å². The number of methoxy groups -OCH3 is 1. The first-order chi connectivity index (χ1) is 14.9. The van der Waals surface area contributed by atoms with Gasteiger partial charge in [-0.1, -0.05) is 12.1 Å². The lowest BCUT2D eigenvalue weighted by atomic mass is 9.98. The lowest BCUT2D eigenvalue weighted by Gasteiger charge is -2.30. The van der Waals surface area contributed by atoms with Crippen molar-refractivity contribution in [2.24, 2.45) is 0 Å². The molecule has 4 bridgehead atoms. The summed E-state index contributed by atoms with van der Waals surface area (Å²) in [6, 6.07) is 6.73. The van der Waals surface area contributed by atoms with Crippen LogP contribution in [0.5, 0.6) is 11.5 Å². The maximum atomic E-state index is 14.0. The van der Waals surface area contributed by atoms with Crippen LogP contribution in [0.4, 0.5) is 8.78 Å². The minimum absolute atomic E-state index is 0.213. The fourth-order valence-corrected chi connectivity index (χ4v) is 4.06. The van der Waals surface area contributed by atoms with Gasteiger partial charge in [0.25, 0.3) is 0 Å². The Morgan fingerprint density at radius 3 is 2.84 bits per heavy atom. The van der Waals surface area contributed by atoms with Gasteiger partial charge in [0.15, 0.2) is 11.5 Å². The first kappa shape index (κ1) is 21.3. The Bertz CT molecular complexity index is 1010. The second-order valence-corrected chi connectivity index (χ2v) is 7.95. The Morgan fingerprint density at radius 2 is 2.06 bits per heavy atom. The molecule has 1 unspecified atom stereocenters. The molecule has 2 aromatic rings. The minimum atomic E-state index is -0.942. The number of ether oxygens (including phenoxy) is 3. The molecule has 0 amide bonds. The summed E-state index contributed by atoms with van der Waals surface area (Å²) in [5, 5.41) is 0. The standard InChI is InChI=1S/C24H25F2NO4/c1-27-11-3-4-17-13-18(31-24(28)20-8-6-16(25)12-21(20)26)7-9-19-15(14-27)5-10-22(29-2)23(19)30-17/h5-10,12,17-18H,3-4,11,13-14H2,1-2H3/t17?,18-/m0/s1. The smallest absolute Gasteiger partial charge is 0.341 e. The van der Waals surface area contributed by atoms with E-state index in [2.05, 4.69) is 11.9 Å². The topological polar surface area (TPSA) is 48.0 Å². The molecular weight excluding hydrogens is 404 g/mol. The summed E-state index contributed by atoms with van der Waals surface area (Å²) in [7, 11) is 3.69. The molecule has 2 aliphatic rings. The summed E-state index contributed by atoms with van der Waals surface area (Å²) in [5.41, 5.74) is 1.67. The van der Waals surface area contributed by atoms with E-state index in [9.17, 15) is 13.6 Å². The monoisotopic (exact) mass is 429 g/mol. The average molecular weight is 429 g/mol. The first-order valence-corrected chi connectivity index (χ1v) is 10.3. The molecule has 0 aromatic heterocycles. The van der Waals surface area contributed by atoms with Crippen molar-refractivity contribution in [1.29, 1.82) is 0 Å². The number of nitrogens with zero attached hydrogens (tertiary/aromatic N) is 1. The molecule has 5 nitrogen and oxygen atoms in total. The quantitative estimate of drug-likeness (QED) is 0.668. The fraction of sp³-hybridized carbons (Fsp3) is 0.375. The number of hydrogen-bond donors (Lipinski definition) is 0. The zero-order chi connectivity index (χ0) is 22.0. The van der Waals surface area contributed by atoms with Crippen LogP contribution in [0.2, 0.25) is 0 Å². The Morgan fingerprint density at radius 1 is 1.23 bits per heavy atom. The number of carbonyl (C=O) groups excluding carboxylic acids is 1. The highest BCUT2D eigenvalue weighted by Gasteiger charge is 2.27. The van der Waals surface area contributed by atoms with E-state index in [1.54, 1.807) is 13.2 Å². The number of hydrogen-bond acceptors (Lipinski definition) is 5. The molecule has 0 fully saturated rings. The Hall–Kier alpha value is -2.93. The second kappa shape index (κ2) is 9.06. The number of benzene rings is 2. The largest absolute Gasteiger partial charge is 0.493 e.